The highest BCUT2D eigenvalue weighted by Gasteiger charge is 2.51. The maximum Gasteiger partial charge on any atom is 0.117 e. The fourth-order valence-electron chi connectivity index (χ4n) is 3.10. The van der Waals surface area contributed by atoms with Crippen molar-refractivity contribution in [3.63, 3.8) is 0 Å². The fourth-order valence-corrected chi connectivity index (χ4v) is 4.07. The van der Waals surface area contributed by atoms with Crippen molar-refractivity contribution >= 4 is 23.2 Å². The molecule has 92 valence electrons. The first kappa shape index (κ1) is 11.8. The third-order valence-electron chi connectivity index (χ3n) is 4.08. The first-order valence-electron chi connectivity index (χ1n) is 6.17. The lowest BCUT2D eigenvalue weighted by Crippen LogP contribution is -2.63. The van der Waals surface area contributed by atoms with Crippen molar-refractivity contribution in [3.05, 3.63) is 30.1 Å². The van der Waals surface area contributed by atoms with Crippen LogP contribution in [0.5, 0.6) is 0 Å². The molecule has 1 aromatic heterocycles. The normalized spacial score (nSPS) is 40.5. The summed E-state index contributed by atoms with van der Waals surface area (Å²) in [7, 11) is 0. The van der Waals surface area contributed by atoms with E-state index in [0.717, 1.165) is 19.5 Å². The maximum absolute atomic E-state index is 6.82. The quantitative estimate of drug-likeness (QED) is 0.607. The molecule has 0 radical (unpaired) electrons. The Morgan fingerprint density at radius 3 is 2.76 bits per heavy atom. The topological polar surface area (TPSA) is 16.1 Å². The number of alkyl halides is 2. The van der Waals surface area contributed by atoms with Gasteiger partial charge in [0.1, 0.15) is 5.00 Å². The van der Waals surface area contributed by atoms with Gasteiger partial charge in [-0.1, -0.05) is 17.7 Å². The standard InChI is InChI=1S/C13H16Cl2N2/c14-12-11-3-6-17(7-4-11)13(12,15)8-10-2-1-5-16-9-10/h1-2,5,9,11-12H,3-4,6-8H2. The summed E-state index contributed by atoms with van der Waals surface area (Å²) in [5, 5.41) is 0.0480. The summed E-state index contributed by atoms with van der Waals surface area (Å²) < 4.78 is 0. The van der Waals surface area contributed by atoms with E-state index in [1.54, 1.807) is 6.20 Å². The van der Waals surface area contributed by atoms with Crippen molar-refractivity contribution < 1.29 is 0 Å². The molecule has 3 saturated heterocycles. The monoisotopic (exact) mass is 270 g/mol. The van der Waals surface area contributed by atoms with Crippen LogP contribution in [0.4, 0.5) is 0 Å². The Bertz CT molecular complexity index is 386. The SMILES string of the molecule is ClC1C2CCN(CC2)C1(Cl)Cc1cccnc1. The zero-order valence-corrected chi connectivity index (χ0v) is 11.2. The predicted molar refractivity (Wildman–Crippen MR) is 70.5 cm³/mol. The molecule has 0 aliphatic carbocycles. The van der Waals surface area contributed by atoms with Gasteiger partial charge in [-0.3, -0.25) is 9.88 Å². The number of piperidine rings is 3. The molecular formula is C13H16Cl2N2. The highest BCUT2D eigenvalue weighted by molar-refractivity contribution is 6.32. The predicted octanol–water partition coefficient (Wildman–Crippen LogP) is 2.89. The van der Waals surface area contributed by atoms with E-state index in [1.165, 1.54) is 18.4 Å². The number of halogens is 2. The molecule has 17 heavy (non-hydrogen) atoms. The van der Waals surface area contributed by atoms with Gasteiger partial charge >= 0.3 is 0 Å². The summed E-state index contributed by atoms with van der Waals surface area (Å²) in [6.45, 7) is 2.16. The summed E-state index contributed by atoms with van der Waals surface area (Å²) in [6, 6.07) is 4.03. The minimum absolute atomic E-state index is 0.0480. The van der Waals surface area contributed by atoms with Crippen LogP contribution in [-0.4, -0.2) is 33.3 Å². The zero-order valence-electron chi connectivity index (χ0n) is 9.65. The van der Waals surface area contributed by atoms with Gasteiger partial charge in [0.05, 0.1) is 5.38 Å². The van der Waals surface area contributed by atoms with Crippen molar-refractivity contribution in [1.29, 1.82) is 0 Å². The van der Waals surface area contributed by atoms with Gasteiger partial charge in [0, 0.05) is 31.9 Å². The molecule has 3 aliphatic heterocycles. The Labute approximate surface area is 112 Å². The third kappa shape index (κ3) is 1.96. The molecule has 3 fully saturated rings. The molecule has 0 spiro atoms. The average Bonchev–Trinajstić information content (AvgIpc) is 2.37. The Morgan fingerprint density at radius 1 is 1.41 bits per heavy atom. The first-order valence-corrected chi connectivity index (χ1v) is 6.98. The second kappa shape index (κ2) is 4.42. The minimum atomic E-state index is -0.411. The second-order valence-electron chi connectivity index (χ2n) is 5.08. The first-order chi connectivity index (χ1) is 8.20. The van der Waals surface area contributed by atoms with Crippen LogP contribution in [0, 0.1) is 5.92 Å². The third-order valence-corrected chi connectivity index (χ3v) is 5.51. The van der Waals surface area contributed by atoms with Crippen molar-refractivity contribution in [2.45, 2.75) is 29.6 Å². The van der Waals surface area contributed by atoms with E-state index >= 15 is 0 Å². The van der Waals surface area contributed by atoms with E-state index in [9.17, 15) is 0 Å². The van der Waals surface area contributed by atoms with Crippen LogP contribution in [-0.2, 0) is 6.42 Å². The van der Waals surface area contributed by atoms with Gasteiger partial charge in [-0.25, -0.2) is 0 Å². The fraction of sp³-hybridized carbons (Fsp3) is 0.615. The lowest BCUT2D eigenvalue weighted by molar-refractivity contribution is 0.0281. The Hall–Kier alpha value is -0.310. The molecule has 4 rings (SSSR count). The minimum Gasteiger partial charge on any atom is -0.283 e. The van der Waals surface area contributed by atoms with Gasteiger partial charge in [-0.15, -0.1) is 11.6 Å². The van der Waals surface area contributed by atoms with E-state index < -0.39 is 5.00 Å². The summed E-state index contributed by atoms with van der Waals surface area (Å²) in [6.07, 6.45) is 6.84. The van der Waals surface area contributed by atoms with Crippen molar-refractivity contribution in [2.75, 3.05) is 13.1 Å². The number of rotatable bonds is 2. The summed E-state index contributed by atoms with van der Waals surface area (Å²) >= 11 is 13.4. The van der Waals surface area contributed by atoms with Crippen LogP contribution < -0.4 is 0 Å². The number of aromatic nitrogens is 1. The van der Waals surface area contributed by atoms with Crippen molar-refractivity contribution in [2.24, 2.45) is 5.92 Å². The van der Waals surface area contributed by atoms with E-state index in [0.29, 0.717) is 5.92 Å². The van der Waals surface area contributed by atoms with E-state index in [4.69, 9.17) is 23.2 Å². The Morgan fingerprint density at radius 2 is 2.18 bits per heavy atom. The van der Waals surface area contributed by atoms with Crippen molar-refractivity contribution in [3.8, 4) is 0 Å². The van der Waals surface area contributed by atoms with E-state index in [-0.39, 0.29) is 5.38 Å². The molecule has 0 saturated carbocycles. The van der Waals surface area contributed by atoms with Gasteiger partial charge in [0.2, 0.25) is 0 Å². The number of hydrogen-bond acceptors (Lipinski definition) is 2. The molecule has 1 aromatic rings. The molecule has 0 N–H and O–H groups in total. The van der Waals surface area contributed by atoms with Gasteiger partial charge in [0.25, 0.3) is 0 Å². The number of nitrogens with zero attached hydrogens (tertiary/aromatic N) is 2. The molecule has 2 bridgehead atoms. The van der Waals surface area contributed by atoms with Gasteiger partial charge in [-0.05, 0) is 30.4 Å². The molecule has 0 amide bonds. The van der Waals surface area contributed by atoms with E-state index in [2.05, 4.69) is 16.0 Å². The molecule has 3 aliphatic rings. The molecule has 4 heteroatoms. The highest BCUT2D eigenvalue weighted by atomic mass is 35.5. The molecular weight excluding hydrogens is 255 g/mol. The number of pyridine rings is 1. The average molecular weight is 271 g/mol. The van der Waals surface area contributed by atoms with Crippen LogP contribution in [0.3, 0.4) is 0 Å². The highest BCUT2D eigenvalue weighted by Crippen LogP contribution is 2.46. The lowest BCUT2D eigenvalue weighted by Gasteiger charge is -2.54. The summed E-state index contributed by atoms with van der Waals surface area (Å²) in [4.78, 5) is 6.08. The number of hydrogen-bond donors (Lipinski definition) is 0. The second-order valence-corrected chi connectivity index (χ2v) is 6.21. The van der Waals surface area contributed by atoms with Crippen LogP contribution in [0.1, 0.15) is 18.4 Å². The maximum atomic E-state index is 6.82. The van der Waals surface area contributed by atoms with Gasteiger partial charge in [0.15, 0.2) is 0 Å². The summed E-state index contributed by atoms with van der Waals surface area (Å²) in [5.74, 6) is 0.579. The molecule has 2 nitrogen and oxygen atoms in total. The smallest absolute Gasteiger partial charge is 0.117 e. The van der Waals surface area contributed by atoms with E-state index in [1.807, 2.05) is 12.3 Å². The summed E-state index contributed by atoms with van der Waals surface area (Å²) in [5.41, 5.74) is 1.17. The largest absolute Gasteiger partial charge is 0.283 e. The van der Waals surface area contributed by atoms with Gasteiger partial charge < -0.3 is 0 Å². The van der Waals surface area contributed by atoms with Crippen LogP contribution in [0.15, 0.2) is 24.5 Å². The molecule has 2 atom stereocenters. The van der Waals surface area contributed by atoms with Crippen molar-refractivity contribution in [1.82, 2.24) is 9.88 Å². The molecule has 2 unspecified atom stereocenters. The van der Waals surface area contributed by atoms with Gasteiger partial charge in [-0.2, -0.15) is 0 Å². The molecule has 0 aromatic carbocycles. The zero-order chi connectivity index (χ0) is 11.9. The molecule has 4 heterocycles. The number of fused-ring (bicyclic) bond motifs is 3. The Balaban J connectivity index is 1.85. The lowest BCUT2D eigenvalue weighted by atomic mass is 9.80. The van der Waals surface area contributed by atoms with Crippen LogP contribution in [0.2, 0.25) is 0 Å². The van der Waals surface area contributed by atoms with Crippen LogP contribution in [0.25, 0.3) is 0 Å². The Kier molecular flexibility index (Phi) is 3.06. The van der Waals surface area contributed by atoms with Crippen LogP contribution >= 0.6 is 23.2 Å².